The van der Waals surface area contributed by atoms with Crippen LogP contribution in [0, 0.1) is 18.8 Å². The summed E-state index contributed by atoms with van der Waals surface area (Å²) >= 11 is 10.4. The van der Waals surface area contributed by atoms with Gasteiger partial charge in [-0.3, -0.25) is 19.2 Å². The zero-order chi connectivity index (χ0) is 36.3. The van der Waals surface area contributed by atoms with Gasteiger partial charge in [-0.2, -0.15) is 0 Å². The Balaban J connectivity index is 1.53. The van der Waals surface area contributed by atoms with E-state index < -0.39 is 59.5 Å². The number of rotatable bonds is 15. The molecule has 8 atom stereocenters. The average molecular weight is 771 g/mol. The largest absolute Gasteiger partial charge is 0.455 e. The summed E-state index contributed by atoms with van der Waals surface area (Å²) in [5, 5.41) is 10.1. The Morgan fingerprint density at radius 1 is 1.18 bits per heavy atom. The molecule has 12 heteroatoms. The lowest BCUT2D eigenvalue weighted by atomic mass is 9.70. The molecule has 3 saturated heterocycles. The van der Waals surface area contributed by atoms with Crippen LogP contribution in [0.2, 0.25) is 5.02 Å². The normalized spacial score (nSPS) is 26.2. The van der Waals surface area contributed by atoms with Crippen molar-refractivity contribution in [2.24, 2.45) is 11.8 Å². The molecule has 268 valence electrons. The fourth-order valence-corrected chi connectivity index (χ4v) is 9.08. The number of nitrogens with zero attached hydrogens (tertiary/aromatic N) is 3. The van der Waals surface area contributed by atoms with E-state index in [1.807, 2.05) is 50.2 Å². The minimum Gasteiger partial charge on any atom is -0.455 e. The van der Waals surface area contributed by atoms with E-state index in [1.165, 1.54) is 9.80 Å². The number of hydrogen-bond acceptors (Lipinski definition) is 7. The van der Waals surface area contributed by atoms with E-state index in [0.29, 0.717) is 29.1 Å². The zero-order valence-corrected chi connectivity index (χ0v) is 31.0. The molecular weight excluding hydrogens is 726 g/mol. The SMILES string of the molecule is C=CCCC(=O)N(C)[C@H](C)[C@H](OC(=O)[C@@H]1[C@H]2O[C@@]3(CC2Br)[C@H](C(=O)N(CC=C)c2c(C)cccc2Cl)N(CCCO)C(=O)[C@@H]13)c1ccccc1. The highest BCUT2D eigenvalue weighted by Gasteiger charge is 2.77. The van der Waals surface area contributed by atoms with Crippen LogP contribution >= 0.6 is 27.5 Å². The summed E-state index contributed by atoms with van der Waals surface area (Å²) in [5.41, 5.74) is 0.597. The van der Waals surface area contributed by atoms with Gasteiger partial charge in [-0.15, -0.1) is 13.2 Å². The summed E-state index contributed by atoms with van der Waals surface area (Å²) in [6, 6.07) is 12.9. The molecule has 0 saturated carbocycles. The van der Waals surface area contributed by atoms with E-state index in [-0.39, 0.29) is 43.3 Å². The highest BCUT2D eigenvalue weighted by atomic mass is 79.9. The molecule has 5 rings (SSSR count). The van der Waals surface area contributed by atoms with Crippen molar-refractivity contribution in [2.45, 2.75) is 74.3 Å². The molecule has 50 heavy (non-hydrogen) atoms. The first-order valence-corrected chi connectivity index (χ1v) is 18.2. The quantitative estimate of drug-likeness (QED) is 0.147. The molecule has 3 aliphatic rings. The van der Waals surface area contributed by atoms with Crippen LogP contribution in [0.25, 0.3) is 0 Å². The first kappa shape index (κ1) is 37.7. The number of aryl methyl sites for hydroxylation is 1. The molecule has 0 radical (unpaired) electrons. The zero-order valence-electron chi connectivity index (χ0n) is 28.7. The number of halogens is 2. The van der Waals surface area contributed by atoms with Gasteiger partial charge in [-0.1, -0.05) is 82.1 Å². The summed E-state index contributed by atoms with van der Waals surface area (Å²) in [4.78, 5) is 61.0. The van der Waals surface area contributed by atoms with Gasteiger partial charge in [-0.25, -0.2) is 0 Å². The molecule has 0 aromatic heterocycles. The Labute approximate surface area is 307 Å². The lowest BCUT2D eigenvalue weighted by molar-refractivity contribution is -0.164. The standard InChI is InChI=1S/C38H45BrClN3O7/c1-6-8-18-28(45)41(5)24(4)32(25-15-10-9-11-16-25)49-37(48)29-30-35(46)43(20-13-21-44)34(38(30)22-26(39)33(29)50-38)36(47)42(19-7-2)31-23(3)14-12-17-27(31)40/h6-7,9-12,14-17,24,26,29-30,32-34,44H,1-2,8,13,18-22H2,3-5H3/t24-,26?,29+,30-,32+,33+,34+,38-/m1/s1. The van der Waals surface area contributed by atoms with E-state index in [4.69, 9.17) is 21.1 Å². The van der Waals surface area contributed by atoms with Gasteiger partial charge in [0.15, 0.2) is 0 Å². The molecule has 0 aliphatic carbocycles. The number of likely N-dealkylation sites (tertiary alicyclic amines) is 1. The molecule has 3 fully saturated rings. The number of fused-ring (bicyclic) bond motifs is 1. The number of carbonyl (C=O) groups excluding carboxylic acids is 4. The van der Waals surface area contributed by atoms with Crippen molar-refractivity contribution >= 4 is 56.9 Å². The lowest BCUT2D eigenvalue weighted by Crippen LogP contribution is -2.57. The summed E-state index contributed by atoms with van der Waals surface area (Å²) in [7, 11) is 1.68. The fraction of sp³-hybridized carbons (Fsp3) is 0.474. The van der Waals surface area contributed by atoms with Crippen LogP contribution in [0.5, 0.6) is 0 Å². The number of hydrogen-bond donors (Lipinski definition) is 1. The second kappa shape index (κ2) is 15.8. The van der Waals surface area contributed by atoms with Gasteiger partial charge in [0.1, 0.15) is 17.7 Å². The number of aliphatic hydroxyl groups is 1. The molecule has 1 spiro atoms. The fourth-order valence-electron chi connectivity index (χ4n) is 7.82. The third-order valence-electron chi connectivity index (χ3n) is 10.3. The molecule has 3 aliphatic heterocycles. The highest BCUT2D eigenvalue weighted by Crippen LogP contribution is 2.60. The number of carbonyl (C=O) groups is 4. The van der Waals surface area contributed by atoms with E-state index in [0.717, 1.165) is 5.56 Å². The number of likely N-dealkylation sites (N-methyl/N-ethyl adjacent to an activating group) is 1. The number of anilines is 1. The third-order valence-corrected chi connectivity index (χ3v) is 11.4. The van der Waals surface area contributed by atoms with E-state index in [9.17, 15) is 24.3 Å². The van der Waals surface area contributed by atoms with Crippen LogP contribution in [0.3, 0.4) is 0 Å². The minimum atomic E-state index is -1.36. The molecule has 3 heterocycles. The highest BCUT2D eigenvalue weighted by molar-refractivity contribution is 9.09. The monoisotopic (exact) mass is 769 g/mol. The first-order chi connectivity index (χ1) is 23.9. The van der Waals surface area contributed by atoms with Crippen molar-refractivity contribution < 1.29 is 33.8 Å². The van der Waals surface area contributed by atoms with Gasteiger partial charge in [0.05, 0.1) is 34.7 Å². The topological polar surface area (TPSA) is 117 Å². The van der Waals surface area contributed by atoms with Crippen molar-refractivity contribution in [3.63, 3.8) is 0 Å². The van der Waals surface area contributed by atoms with Gasteiger partial charge < -0.3 is 29.3 Å². The number of amides is 3. The predicted molar refractivity (Wildman–Crippen MR) is 195 cm³/mol. The van der Waals surface area contributed by atoms with Crippen molar-refractivity contribution in [1.82, 2.24) is 9.80 Å². The maximum atomic E-state index is 14.8. The Morgan fingerprint density at radius 3 is 2.54 bits per heavy atom. The van der Waals surface area contributed by atoms with Gasteiger partial charge in [0.2, 0.25) is 11.8 Å². The summed E-state index contributed by atoms with van der Waals surface area (Å²) < 4.78 is 13.0. The second-order valence-electron chi connectivity index (χ2n) is 13.3. The molecule has 1 N–H and O–H groups in total. The molecule has 10 nitrogen and oxygen atoms in total. The minimum absolute atomic E-state index is 0.0808. The van der Waals surface area contributed by atoms with E-state index >= 15 is 0 Å². The Bertz CT molecular complexity index is 1600. The Kier molecular flexibility index (Phi) is 11.9. The summed E-state index contributed by atoms with van der Waals surface area (Å²) in [6.07, 6.45) is 2.97. The number of alkyl halides is 1. The summed E-state index contributed by atoms with van der Waals surface area (Å²) in [6.45, 7) is 11.2. The molecule has 2 bridgehead atoms. The lowest BCUT2D eigenvalue weighted by Gasteiger charge is -2.37. The van der Waals surface area contributed by atoms with Gasteiger partial charge >= 0.3 is 5.97 Å². The van der Waals surface area contributed by atoms with Crippen molar-refractivity contribution in [3.05, 3.63) is 90.0 Å². The predicted octanol–water partition coefficient (Wildman–Crippen LogP) is 5.40. The molecule has 2 aromatic carbocycles. The van der Waals surface area contributed by atoms with E-state index in [2.05, 4.69) is 29.1 Å². The van der Waals surface area contributed by atoms with Crippen LogP contribution in [0.4, 0.5) is 5.69 Å². The van der Waals surface area contributed by atoms with Crippen molar-refractivity contribution in [3.8, 4) is 0 Å². The first-order valence-electron chi connectivity index (χ1n) is 17.0. The van der Waals surface area contributed by atoms with Crippen LogP contribution in [-0.4, -0.2) is 94.0 Å². The average Bonchev–Trinajstić information content (AvgIpc) is 3.70. The number of para-hydroxylation sites is 1. The third kappa shape index (κ3) is 6.77. The number of aliphatic hydroxyl groups excluding tert-OH is 1. The van der Waals surface area contributed by atoms with Crippen molar-refractivity contribution in [1.29, 1.82) is 0 Å². The Morgan fingerprint density at radius 2 is 1.90 bits per heavy atom. The van der Waals surface area contributed by atoms with Gasteiger partial charge in [0, 0.05) is 38.0 Å². The van der Waals surface area contributed by atoms with Crippen molar-refractivity contribution in [2.75, 3.05) is 31.6 Å². The van der Waals surface area contributed by atoms with E-state index in [1.54, 1.807) is 36.2 Å². The summed E-state index contributed by atoms with van der Waals surface area (Å²) in [5.74, 6) is -3.65. The second-order valence-corrected chi connectivity index (χ2v) is 14.8. The molecule has 2 aromatic rings. The number of ether oxygens (including phenoxy) is 2. The van der Waals surface area contributed by atoms with Gasteiger partial charge in [0.25, 0.3) is 5.91 Å². The van der Waals surface area contributed by atoms with Crippen LogP contribution in [0.15, 0.2) is 73.8 Å². The van der Waals surface area contributed by atoms with Gasteiger partial charge in [-0.05, 0) is 50.3 Å². The van der Waals surface area contributed by atoms with Crippen LogP contribution in [0.1, 0.15) is 49.8 Å². The van der Waals surface area contributed by atoms with Crippen LogP contribution < -0.4 is 4.90 Å². The number of allylic oxidation sites excluding steroid dienone is 1. The molecule has 3 amide bonds. The smallest absolute Gasteiger partial charge is 0.313 e. The van der Waals surface area contributed by atoms with Crippen LogP contribution in [-0.2, 0) is 28.7 Å². The Hall–Kier alpha value is -3.51. The molecule has 1 unspecified atom stereocenters. The number of benzene rings is 2. The maximum Gasteiger partial charge on any atom is 0.313 e. The maximum absolute atomic E-state index is 14.8. The molecular formula is C38H45BrClN3O7. The number of esters is 1.